The van der Waals surface area contributed by atoms with Crippen LogP contribution in [0.25, 0.3) is 0 Å². The fourth-order valence-electron chi connectivity index (χ4n) is 1.74. The zero-order valence-corrected chi connectivity index (χ0v) is 13.3. The van der Waals surface area contributed by atoms with E-state index in [0.29, 0.717) is 6.42 Å². The predicted octanol–water partition coefficient (Wildman–Crippen LogP) is 2.92. The van der Waals surface area contributed by atoms with Crippen molar-refractivity contribution in [2.24, 2.45) is 0 Å². The molecule has 7 heteroatoms. The van der Waals surface area contributed by atoms with Crippen LogP contribution >= 0.6 is 15.9 Å². The Morgan fingerprint density at radius 2 is 1.81 bits per heavy atom. The molecule has 2 aromatic carbocycles. The quantitative estimate of drug-likeness (QED) is 0.846. The van der Waals surface area contributed by atoms with Crippen LogP contribution in [-0.2, 0) is 16.4 Å². The lowest BCUT2D eigenvalue weighted by Gasteiger charge is -2.09. The molecule has 0 aliphatic heterocycles. The first-order valence-electron chi connectivity index (χ1n) is 6.10. The maximum absolute atomic E-state index is 13.1. The van der Waals surface area contributed by atoms with E-state index in [1.54, 1.807) is 12.1 Å². The summed E-state index contributed by atoms with van der Waals surface area (Å²) < 4.78 is 40.1. The zero-order valence-electron chi connectivity index (χ0n) is 10.9. The van der Waals surface area contributed by atoms with E-state index in [0.717, 1.165) is 5.56 Å². The predicted molar refractivity (Wildman–Crippen MR) is 82.1 cm³/mol. The molecule has 112 valence electrons. The van der Waals surface area contributed by atoms with Crippen LogP contribution in [0, 0.1) is 5.82 Å². The Kier molecular flexibility index (Phi) is 4.97. The number of sulfonamides is 1. The Morgan fingerprint density at radius 3 is 2.38 bits per heavy atom. The normalized spacial score (nSPS) is 11.4. The fraction of sp³-hybridized carbons (Fsp3) is 0.143. The van der Waals surface area contributed by atoms with E-state index in [9.17, 15) is 12.8 Å². The SMILES string of the molecule is O=S(=O)(Nc1ccc(F)c(Br)c1)c1ccc(CCO)cc1. The van der Waals surface area contributed by atoms with Gasteiger partial charge in [0.15, 0.2) is 0 Å². The summed E-state index contributed by atoms with van der Waals surface area (Å²) in [6.07, 6.45) is 0.471. The fourth-order valence-corrected chi connectivity index (χ4v) is 3.17. The number of benzene rings is 2. The Balaban J connectivity index is 2.23. The van der Waals surface area contributed by atoms with E-state index >= 15 is 0 Å². The summed E-state index contributed by atoms with van der Waals surface area (Å²) in [5, 5.41) is 8.83. The largest absolute Gasteiger partial charge is 0.396 e. The highest BCUT2D eigenvalue weighted by molar-refractivity contribution is 9.10. The number of nitrogens with one attached hydrogen (secondary N) is 1. The summed E-state index contributed by atoms with van der Waals surface area (Å²) in [5.41, 5.74) is 1.11. The van der Waals surface area contributed by atoms with Crippen molar-refractivity contribution in [2.45, 2.75) is 11.3 Å². The summed E-state index contributed by atoms with van der Waals surface area (Å²) in [5.74, 6) is -0.466. The van der Waals surface area contributed by atoms with Crippen LogP contribution in [-0.4, -0.2) is 20.1 Å². The van der Waals surface area contributed by atoms with Gasteiger partial charge in [0.25, 0.3) is 10.0 Å². The summed E-state index contributed by atoms with van der Waals surface area (Å²) in [6, 6.07) is 10.1. The summed E-state index contributed by atoms with van der Waals surface area (Å²) >= 11 is 3.00. The molecular weight excluding hydrogens is 361 g/mol. The van der Waals surface area contributed by atoms with Gasteiger partial charge in [0.05, 0.1) is 15.1 Å². The molecule has 0 atom stereocenters. The van der Waals surface area contributed by atoms with E-state index in [4.69, 9.17) is 5.11 Å². The van der Waals surface area contributed by atoms with E-state index in [1.807, 2.05) is 0 Å². The molecule has 0 fully saturated rings. The van der Waals surface area contributed by atoms with Gasteiger partial charge in [-0.2, -0.15) is 0 Å². The Morgan fingerprint density at radius 1 is 1.14 bits per heavy atom. The highest BCUT2D eigenvalue weighted by atomic mass is 79.9. The van der Waals surface area contributed by atoms with Crippen LogP contribution in [0.2, 0.25) is 0 Å². The third kappa shape index (κ3) is 4.03. The maximum Gasteiger partial charge on any atom is 0.261 e. The summed E-state index contributed by atoms with van der Waals surface area (Å²) in [7, 11) is -3.73. The molecule has 0 aromatic heterocycles. The third-order valence-electron chi connectivity index (χ3n) is 2.81. The second-order valence-corrected chi connectivity index (χ2v) is 6.89. The van der Waals surface area contributed by atoms with Gasteiger partial charge >= 0.3 is 0 Å². The summed E-state index contributed by atoms with van der Waals surface area (Å²) in [6.45, 7) is 0.00789. The molecule has 0 heterocycles. The molecule has 0 aliphatic carbocycles. The molecule has 2 rings (SSSR count). The summed E-state index contributed by atoms with van der Waals surface area (Å²) in [4.78, 5) is 0.102. The van der Waals surface area contributed by atoms with Gasteiger partial charge in [-0.15, -0.1) is 0 Å². The number of rotatable bonds is 5. The molecule has 0 aliphatic rings. The Hall–Kier alpha value is -1.44. The van der Waals surface area contributed by atoms with Crippen LogP contribution in [0.4, 0.5) is 10.1 Å². The molecule has 0 saturated heterocycles. The minimum absolute atomic E-state index is 0.00789. The second kappa shape index (κ2) is 6.55. The average Bonchev–Trinajstić information content (AvgIpc) is 2.44. The van der Waals surface area contributed by atoms with Crippen molar-refractivity contribution < 1.29 is 17.9 Å². The number of aliphatic hydroxyl groups is 1. The first-order chi connectivity index (χ1) is 9.92. The van der Waals surface area contributed by atoms with Crippen molar-refractivity contribution in [3.05, 3.63) is 58.3 Å². The first-order valence-corrected chi connectivity index (χ1v) is 8.37. The zero-order chi connectivity index (χ0) is 15.5. The van der Waals surface area contributed by atoms with E-state index in [1.165, 1.54) is 30.3 Å². The smallest absolute Gasteiger partial charge is 0.261 e. The molecule has 4 nitrogen and oxygen atoms in total. The molecule has 0 spiro atoms. The van der Waals surface area contributed by atoms with Crippen LogP contribution in [0.5, 0.6) is 0 Å². The molecule has 2 aromatic rings. The lowest BCUT2D eigenvalue weighted by molar-refractivity contribution is 0.299. The monoisotopic (exact) mass is 373 g/mol. The molecule has 0 saturated carbocycles. The Bertz CT molecular complexity index is 732. The molecule has 21 heavy (non-hydrogen) atoms. The van der Waals surface area contributed by atoms with E-state index < -0.39 is 15.8 Å². The number of hydrogen-bond acceptors (Lipinski definition) is 3. The highest BCUT2D eigenvalue weighted by Crippen LogP contribution is 2.22. The van der Waals surface area contributed by atoms with Crippen LogP contribution in [0.1, 0.15) is 5.56 Å². The van der Waals surface area contributed by atoms with Crippen LogP contribution < -0.4 is 4.72 Å². The van der Waals surface area contributed by atoms with E-state index in [-0.39, 0.29) is 21.7 Å². The van der Waals surface area contributed by atoms with Crippen molar-refractivity contribution in [1.82, 2.24) is 0 Å². The minimum Gasteiger partial charge on any atom is -0.396 e. The standard InChI is InChI=1S/C14H13BrFNO3S/c15-13-9-11(3-6-14(13)16)17-21(19,20)12-4-1-10(2-5-12)7-8-18/h1-6,9,17-18H,7-8H2. The van der Waals surface area contributed by atoms with Crippen molar-refractivity contribution in [3.8, 4) is 0 Å². The van der Waals surface area contributed by atoms with E-state index in [2.05, 4.69) is 20.7 Å². The highest BCUT2D eigenvalue weighted by Gasteiger charge is 2.14. The average molecular weight is 374 g/mol. The van der Waals surface area contributed by atoms with Gasteiger partial charge in [-0.1, -0.05) is 12.1 Å². The molecular formula is C14H13BrFNO3S. The number of aliphatic hydroxyl groups excluding tert-OH is 1. The van der Waals surface area contributed by atoms with Crippen molar-refractivity contribution >= 4 is 31.6 Å². The van der Waals surface area contributed by atoms with Crippen molar-refractivity contribution in [3.63, 3.8) is 0 Å². The van der Waals surface area contributed by atoms with Gasteiger partial charge in [-0.05, 0) is 58.2 Å². The number of halogens is 2. The van der Waals surface area contributed by atoms with Gasteiger partial charge in [-0.25, -0.2) is 12.8 Å². The lowest BCUT2D eigenvalue weighted by atomic mass is 10.2. The van der Waals surface area contributed by atoms with Gasteiger partial charge in [0.1, 0.15) is 5.82 Å². The molecule has 0 radical (unpaired) electrons. The minimum atomic E-state index is -3.73. The third-order valence-corrected chi connectivity index (χ3v) is 4.81. The van der Waals surface area contributed by atoms with Crippen LogP contribution in [0.3, 0.4) is 0 Å². The van der Waals surface area contributed by atoms with Gasteiger partial charge in [0, 0.05) is 6.61 Å². The molecule has 0 bridgehead atoms. The van der Waals surface area contributed by atoms with Crippen molar-refractivity contribution in [1.29, 1.82) is 0 Å². The van der Waals surface area contributed by atoms with Gasteiger partial charge in [0.2, 0.25) is 0 Å². The molecule has 2 N–H and O–H groups in total. The van der Waals surface area contributed by atoms with Gasteiger partial charge < -0.3 is 5.11 Å². The molecule has 0 amide bonds. The number of anilines is 1. The topological polar surface area (TPSA) is 66.4 Å². The van der Waals surface area contributed by atoms with Crippen molar-refractivity contribution in [2.75, 3.05) is 11.3 Å². The maximum atomic E-state index is 13.1. The Labute approximate surface area is 130 Å². The van der Waals surface area contributed by atoms with Crippen LogP contribution in [0.15, 0.2) is 51.8 Å². The lowest BCUT2D eigenvalue weighted by Crippen LogP contribution is -2.13. The van der Waals surface area contributed by atoms with Gasteiger partial charge in [-0.3, -0.25) is 4.72 Å². The molecule has 0 unspecified atom stereocenters. The number of hydrogen-bond donors (Lipinski definition) is 2. The second-order valence-electron chi connectivity index (χ2n) is 4.35. The first kappa shape index (κ1) is 15.9.